The predicted octanol–water partition coefficient (Wildman–Crippen LogP) is 3.56. The Labute approximate surface area is 139 Å². The summed E-state index contributed by atoms with van der Waals surface area (Å²) in [5.74, 6) is 1.80. The fourth-order valence-electron chi connectivity index (χ4n) is 3.34. The average Bonchev–Trinajstić information content (AvgIpc) is 3.21. The Bertz CT molecular complexity index is 740. The van der Waals surface area contributed by atoms with E-state index in [1.165, 1.54) is 10.4 Å². The van der Waals surface area contributed by atoms with E-state index in [0.29, 0.717) is 6.42 Å². The molecule has 4 nitrogen and oxygen atoms in total. The molecule has 0 radical (unpaired) electrons. The minimum absolute atomic E-state index is 0.189. The Morgan fingerprint density at radius 2 is 2.17 bits per heavy atom. The number of hydrogen-bond acceptors (Lipinski definition) is 4. The summed E-state index contributed by atoms with van der Waals surface area (Å²) in [5.41, 5.74) is 2.43. The Balaban J connectivity index is 1.41. The molecular weight excluding hydrogens is 310 g/mol. The number of ether oxygens (including phenoxy) is 2. The van der Waals surface area contributed by atoms with Crippen molar-refractivity contribution in [2.24, 2.45) is 0 Å². The van der Waals surface area contributed by atoms with Gasteiger partial charge in [-0.3, -0.25) is 4.79 Å². The lowest BCUT2D eigenvalue weighted by Gasteiger charge is -2.33. The first-order valence-corrected chi connectivity index (χ1v) is 8.84. The molecule has 2 aromatic rings. The fraction of sp³-hybridized carbons (Fsp3) is 0.389. The Hall–Kier alpha value is -2.01. The zero-order valence-corrected chi connectivity index (χ0v) is 13.9. The van der Waals surface area contributed by atoms with Gasteiger partial charge in [-0.15, -0.1) is 11.3 Å². The third-order valence-corrected chi connectivity index (χ3v) is 5.66. The van der Waals surface area contributed by atoms with Gasteiger partial charge in [-0.1, -0.05) is 6.07 Å². The molecule has 120 valence electrons. The van der Waals surface area contributed by atoms with Crippen LogP contribution in [-0.2, 0) is 17.6 Å². The van der Waals surface area contributed by atoms with E-state index in [0.717, 1.165) is 36.4 Å². The van der Waals surface area contributed by atoms with Crippen molar-refractivity contribution in [1.82, 2.24) is 4.90 Å². The zero-order chi connectivity index (χ0) is 15.8. The van der Waals surface area contributed by atoms with E-state index in [9.17, 15) is 4.79 Å². The maximum absolute atomic E-state index is 12.6. The largest absolute Gasteiger partial charge is 0.454 e. The number of aryl methyl sites for hydroxylation is 1. The van der Waals surface area contributed by atoms with Crippen molar-refractivity contribution in [3.8, 4) is 11.5 Å². The van der Waals surface area contributed by atoms with Crippen LogP contribution in [0.5, 0.6) is 11.5 Å². The van der Waals surface area contributed by atoms with E-state index in [1.54, 1.807) is 11.3 Å². The minimum atomic E-state index is 0.189. The van der Waals surface area contributed by atoms with Crippen molar-refractivity contribution < 1.29 is 14.3 Å². The van der Waals surface area contributed by atoms with Crippen LogP contribution in [0.4, 0.5) is 0 Å². The highest BCUT2D eigenvalue weighted by atomic mass is 32.1. The van der Waals surface area contributed by atoms with Crippen LogP contribution >= 0.6 is 11.3 Å². The van der Waals surface area contributed by atoms with Crippen molar-refractivity contribution in [3.63, 3.8) is 0 Å². The number of nitrogens with zero attached hydrogens (tertiary/aromatic N) is 1. The van der Waals surface area contributed by atoms with Gasteiger partial charge in [0, 0.05) is 17.8 Å². The molecular formula is C18H19NO3S. The Morgan fingerprint density at radius 1 is 1.30 bits per heavy atom. The first-order valence-electron chi connectivity index (χ1n) is 7.96. The first kappa shape index (κ1) is 14.6. The molecule has 1 aromatic heterocycles. The maximum Gasteiger partial charge on any atom is 0.231 e. The molecule has 0 aliphatic carbocycles. The SMILES string of the molecule is C[C@@H]1c2ccsc2CCN1C(=O)CCc1ccc2c(c1)OCO2. The van der Waals surface area contributed by atoms with Crippen molar-refractivity contribution in [3.05, 3.63) is 45.6 Å². The quantitative estimate of drug-likeness (QED) is 0.864. The van der Waals surface area contributed by atoms with Crippen LogP contribution < -0.4 is 9.47 Å². The number of carbonyl (C=O) groups is 1. The molecule has 23 heavy (non-hydrogen) atoms. The standard InChI is InChI=1S/C18H19NO3S/c1-12-14-7-9-23-17(14)6-8-19(12)18(20)5-3-13-2-4-15-16(10-13)22-11-21-15/h2,4,7,9-10,12H,3,5-6,8,11H2,1H3/t12-/m1/s1. The highest BCUT2D eigenvalue weighted by Crippen LogP contribution is 2.34. The molecule has 0 bridgehead atoms. The van der Waals surface area contributed by atoms with Crippen LogP contribution in [0.2, 0.25) is 0 Å². The van der Waals surface area contributed by atoms with Crippen LogP contribution in [0.1, 0.15) is 35.4 Å². The topological polar surface area (TPSA) is 38.8 Å². The third-order valence-electron chi connectivity index (χ3n) is 4.66. The monoisotopic (exact) mass is 329 g/mol. The van der Waals surface area contributed by atoms with Gasteiger partial charge in [0.2, 0.25) is 12.7 Å². The summed E-state index contributed by atoms with van der Waals surface area (Å²) < 4.78 is 10.7. The molecule has 0 saturated carbocycles. The van der Waals surface area contributed by atoms with Gasteiger partial charge in [0.15, 0.2) is 11.5 Å². The molecule has 0 unspecified atom stereocenters. The second-order valence-corrected chi connectivity index (χ2v) is 7.00. The summed E-state index contributed by atoms with van der Waals surface area (Å²) >= 11 is 1.80. The van der Waals surface area contributed by atoms with Crippen LogP contribution in [0.15, 0.2) is 29.6 Å². The lowest BCUT2D eigenvalue weighted by atomic mass is 10.0. The number of carbonyl (C=O) groups excluding carboxylic acids is 1. The smallest absolute Gasteiger partial charge is 0.231 e. The molecule has 2 aliphatic heterocycles. The number of benzene rings is 1. The van der Waals surface area contributed by atoms with E-state index in [1.807, 2.05) is 23.1 Å². The zero-order valence-electron chi connectivity index (χ0n) is 13.1. The van der Waals surface area contributed by atoms with Gasteiger partial charge in [-0.05, 0) is 54.5 Å². The Morgan fingerprint density at radius 3 is 3.09 bits per heavy atom. The molecule has 2 aliphatic rings. The number of rotatable bonds is 3. The lowest BCUT2D eigenvalue weighted by Crippen LogP contribution is -2.38. The normalized spacial score (nSPS) is 18.8. The van der Waals surface area contributed by atoms with E-state index >= 15 is 0 Å². The Kier molecular flexibility index (Phi) is 3.73. The summed E-state index contributed by atoms with van der Waals surface area (Å²) in [6.45, 7) is 3.24. The summed E-state index contributed by atoms with van der Waals surface area (Å²) in [7, 11) is 0. The van der Waals surface area contributed by atoms with E-state index < -0.39 is 0 Å². The van der Waals surface area contributed by atoms with Gasteiger partial charge >= 0.3 is 0 Å². The molecule has 0 saturated heterocycles. The molecule has 1 amide bonds. The summed E-state index contributed by atoms with van der Waals surface area (Å²) in [6, 6.07) is 8.25. The number of hydrogen-bond donors (Lipinski definition) is 0. The molecule has 0 spiro atoms. The van der Waals surface area contributed by atoms with Crippen LogP contribution in [0.25, 0.3) is 0 Å². The highest BCUT2D eigenvalue weighted by molar-refractivity contribution is 7.10. The first-order chi connectivity index (χ1) is 11.2. The number of fused-ring (bicyclic) bond motifs is 2. The van der Waals surface area contributed by atoms with Gasteiger partial charge in [0.1, 0.15) is 0 Å². The highest BCUT2D eigenvalue weighted by Gasteiger charge is 2.28. The summed E-state index contributed by atoms with van der Waals surface area (Å²) in [4.78, 5) is 16.1. The van der Waals surface area contributed by atoms with Crippen molar-refractivity contribution in [2.45, 2.75) is 32.2 Å². The van der Waals surface area contributed by atoms with Crippen molar-refractivity contribution in [1.29, 1.82) is 0 Å². The maximum atomic E-state index is 12.6. The average molecular weight is 329 g/mol. The number of amides is 1. The summed E-state index contributed by atoms with van der Waals surface area (Å²) in [6.07, 6.45) is 2.24. The molecule has 3 heterocycles. The lowest BCUT2D eigenvalue weighted by molar-refractivity contribution is -0.133. The van der Waals surface area contributed by atoms with Gasteiger partial charge in [0.25, 0.3) is 0 Å². The molecule has 5 heteroatoms. The van der Waals surface area contributed by atoms with E-state index in [2.05, 4.69) is 18.4 Å². The van der Waals surface area contributed by atoms with Gasteiger partial charge in [-0.25, -0.2) is 0 Å². The molecule has 4 rings (SSSR count). The molecule has 1 aromatic carbocycles. The number of thiophene rings is 1. The second kappa shape index (κ2) is 5.89. The van der Waals surface area contributed by atoms with Crippen molar-refractivity contribution >= 4 is 17.2 Å². The third kappa shape index (κ3) is 2.70. The van der Waals surface area contributed by atoms with Crippen LogP contribution in [-0.4, -0.2) is 24.1 Å². The van der Waals surface area contributed by atoms with Crippen molar-refractivity contribution in [2.75, 3.05) is 13.3 Å². The molecule has 0 N–H and O–H groups in total. The molecule has 0 fully saturated rings. The van der Waals surface area contributed by atoms with E-state index in [-0.39, 0.29) is 18.7 Å². The van der Waals surface area contributed by atoms with Crippen LogP contribution in [0.3, 0.4) is 0 Å². The van der Waals surface area contributed by atoms with Crippen LogP contribution in [0, 0.1) is 0 Å². The summed E-state index contributed by atoms with van der Waals surface area (Å²) in [5, 5.41) is 2.13. The molecule has 1 atom stereocenters. The predicted molar refractivity (Wildman–Crippen MR) is 89.0 cm³/mol. The van der Waals surface area contributed by atoms with E-state index in [4.69, 9.17) is 9.47 Å². The fourth-order valence-corrected chi connectivity index (χ4v) is 4.30. The second-order valence-electron chi connectivity index (χ2n) is 6.00. The minimum Gasteiger partial charge on any atom is -0.454 e. The van der Waals surface area contributed by atoms with Gasteiger partial charge in [-0.2, -0.15) is 0 Å². The van der Waals surface area contributed by atoms with Gasteiger partial charge < -0.3 is 14.4 Å². The van der Waals surface area contributed by atoms with Gasteiger partial charge in [0.05, 0.1) is 6.04 Å².